The van der Waals surface area contributed by atoms with Crippen molar-refractivity contribution in [3.63, 3.8) is 0 Å². The molecule has 0 aliphatic heterocycles. The van der Waals surface area contributed by atoms with Crippen LogP contribution in [0.25, 0.3) is 5.57 Å². The summed E-state index contributed by atoms with van der Waals surface area (Å²) in [6.45, 7) is 3.24. The molecule has 1 spiro atoms. The molecule has 0 heterocycles. The SMILES string of the molecule is CC(=NCO[P+]([O-])=NO)C(=C(C)N)c1ccc(NC(=O)CC2c3cc(F)ccc3CC23CC3)cc1. The first-order chi connectivity index (χ1) is 16.7. The lowest BCUT2D eigenvalue weighted by Crippen LogP contribution is -2.19. The number of aliphatic imine (C=N–C) groups is 1. The van der Waals surface area contributed by atoms with Gasteiger partial charge in [0.1, 0.15) is 5.82 Å². The molecule has 2 aromatic rings. The summed E-state index contributed by atoms with van der Waals surface area (Å²) in [4.78, 5) is 30.7. The van der Waals surface area contributed by atoms with Crippen molar-refractivity contribution in [2.24, 2.45) is 21.0 Å². The average Bonchev–Trinajstić information content (AvgIpc) is 3.53. The van der Waals surface area contributed by atoms with Crippen molar-refractivity contribution in [3.05, 3.63) is 70.7 Å². The molecule has 0 radical (unpaired) electrons. The number of halogens is 1. The van der Waals surface area contributed by atoms with Crippen LogP contribution in [0, 0.1) is 11.2 Å². The van der Waals surface area contributed by atoms with Gasteiger partial charge in [-0.2, -0.15) is 0 Å². The Morgan fingerprint density at radius 2 is 2.00 bits per heavy atom. The molecule has 1 saturated carbocycles. The van der Waals surface area contributed by atoms with Gasteiger partial charge in [0.05, 0.1) is 4.91 Å². The van der Waals surface area contributed by atoms with Crippen LogP contribution in [0.4, 0.5) is 10.1 Å². The molecule has 10 heteroatoms. The van der Waals surface area contributed by atoms with Crippen LogP contribution in [0.2, 0.25) is 0 Å². The highest BCUT2D eigenvalue weighted by Gasteiger charge is 2.54. The summed E-state index contributed by atoms with van der Waals surface area (Å²) in [7, 11) is -2.52. The first kappa shape index (κ1) is 25.1. The van der Waals surface area contributed by atoms with Crippen LogP contribution < -0.4 is 15.9 Å². The largest absolute Gasteiger partial charge is 0.582 e. The van der Waals surface area contributed by atoms with Crippen LogP contribution in [-0.4, -0.2) is 23.6 Å². The van der Waals surface area contributed by atoms with Gasteiger partial charge in [-0.3, -0.25) is 9.79 Å². The predicted octanol–water partition coefficient (Wildman–Crippen LogP) is 4.64. The number of amides is 1. The second kappa shape index (κ2) is 10.3. The van der Waals surface area contributed by atoms with Gasteiger partial charge in [0.25, 0.3) is 0 Å². The number of carbonyl (C=O) groups is 1. The molecule has 184 valence electrons. The maximum absolute atomic E-state index is 13.9. The third kappa shape index (κ3) is 5.65. The number of anilines is 1. The number of fused-ring (bicyclic) bond motifs is 1. The Hall–Kier alpha value is -2.97. The molecule has 2 aliphatic carbocycles. The first-order valence-corrected chi connectivity index (χ1v) is 12.5. The molecule has 2 aromatic carbocycles. The first-order valence-electron chi connectivity index (χ1n) is 11.3. The smallest absolute Gasteiger partial charge is 0.377 e. The summed E-state index contributed by atoms with van der Waals surface area (Å²) in [5.41, 5.74) is 11.5. The lowest BCUT2D eigenvalue weighted by molar-refractivity contribution is -0.177. The van der Waals surface area contributed by atoms with Crippen LogP contribution in [0.5, 0.6) is 0 Å². The molecule has 1 fully saturated rings. The third-order valence-electron chi connectivity index (χ3n) is 6.80. The van der Waals surface area contributed by atoms with Crippen molar-refractivity contribution in [1.29, 1.82) is 0 Å². The predicted molar refractivity (Wildman–Crippen MR) is 131 cm³/mol. The minimum absolute atomic E-state index is 0.0387. The minimum atomic E-state index is -2.52. The molecule has 8 nitrogen and oxygen atoms in total. The quantitative estimate of drug-likeness (QED) is 0.277. The second-order valence-corrected chi connectivity index (χ2v) is 10.1. The van der Waals surface area contributed by atoms with E-state index in [0.29, 0.717) is 29.1 Å². The maximum atomic E-state index is 13.9. The highest BCUT2D eigenvalue weighted by atomic mass is 31.1. The molecule has 4 N–H and O–H groups in total. The Morgan fingerprint density at radius 1 is 1.29 bits per heavy atom. The number of nitrogens with one attached hydrogen (secondary N) is 1. The molecule has 0 saturated heterocycles. The Bertz CT molecular complexity index is 1220. The Labute approximate surface area is 204 Å². The number of nitrogens with two attached hydrogens (primary N) is 1. The van der Waals surface area contributed by atoms with E-state index in [1.165, 1.54) is 6.07 Å². The summed E-state index contributed by atoms with van der Waals surface area (Å²) in [5.74, 6) is -0.323. The van der Waals surface area contributed by atoms with Crippen LogP contribution in [0.1, 0.15) is 55.7 Å². The zero-order chi connectivity index (χ0) is 25.2. The fourth-order valence-electron chi connectivity index (χ4n) is 5.02. The molecular weight excluding hydrogens is 470 g/mol. The molecule has 0 bridgehead atoms. The van der Waals surface area contributed by atoms with E-state index in [1.807, 2.05) is 18.2 Å². The summed E-state index contributed by atoms with van der Waals surface area (Å²) in [6, 6.07) is 12.2. The second-order valence-electron chi connectivity index (χ2n) is 9.15. The summed E-state index contributed by atoms with van der Waals surface area (Å²) < 4.78 is 18.6. The van der Waals surface area contributed by atoms with Gasteiger partial charge in [0, 0.05) is 29.1 Å². The van der Waals surface area contributed by atoms with Crippen molar-refractivity contribution in [2.75, 3.05) is 12.0 Å². The van der Waals surface area contributed by atoms with Crippen molar-refractivity contribution in [2.45, 2.75) is 45.4 Å². The van der Waals surface area contributed by atoms with Gasteiger partial charge in [-0.1, -0.05) is 18.2 Å². The van der Waals surface area contributed by atoms with Gasteiger partial charge in [-0.25, -0.2) is 9.60 Å². The summed E-state index contributed by atoms with van der Waals surface area (Å²) in [5, 5.41) is 11.4. The topological polar surface area (TPSA) is 132 Å². The maximum Gasteiger partial charge on any atom is 0.377 e. The van der Waals surface area contributed by atoms with E-state index < -0.39 is 8.17 Å². The Balaban J connectivity index is 1.43. The molecule has 0 aromatic heterocycles. The number of hydrogen-bond donors (Lipinski definition) is 3. The molecule has 4 rings (SSSR count). The molecule has 35 heavy (non-hydrogen) atoms. The normalized spacial score (nSPS) is 19.4. The van der Waals surface area contributed by atoms with Crippen molar-refractivity contribution < 1.29 is 23.8 Å². The van der Waals surface area contributed by atoms with Crippen LogP contribution >= 0.6 is 8.17 Å². The highest BCUT2D eigenvalue weighted by molar-refractivity contribution is 7.33. The van der Waals surface area contributed by atoms with Crippen LogP contribution in [-0.2, 0) is 15.7 Å². The number of allylic oxidation sites excluding steroid dienone is 2. The summed E-state index contributed by atoms with van der Waals surface area (Å²) in [6.07, 6.45) is 3.38. The molecule has 2 aliphatic rings. The number of rotatable bonds is 8. The van der Waals surface area contributed by atoms with Crippen molar-refractivity contribution in [1.82, 2.24) is 0 Å². The summed E-state index contributed by atoms with van der Waals surface area (Å²) >= 11 is 0. The van der Waals surface area contributed by atoms with Crippen LogP contribution in [0.3, 0.4) is 0 Å². The fourth-order valence-corrected chi connectivity index (χ4v) is 5.22. The Kier molecular flexibility index (Phi) is 7.42. The van der Waals surface area contributed by atoms with E-state index in [4.69, 9.17) is 15.5 Å². The molecule has 2 unspecified atom stereocenters. The van der Waals surface area contributed by atoms with E-state index in [0.717, 1.165) is 36.0 Å². The number of benzene rings is 2. The lowest BCUT2D eigenvalue weighted by atomic mass is 9.86. The van der Waals surface area contributed by atoms with Gasteiger partial charge in [0.15, 0.2) is 6.73 Å². The van der Waals surface area contributed by atoms with Gasteiger partial charge >= 0.3 is 8.17 Å². The van der Waals surface area contributed by atoms with Crippen molar-refractivity contribution in [3.8, 4) is 0 Å². The average molecular weight is 498 g/mol. The molecule has 2 atom stereocenters. The van der Waals surface area contributed by atoms with E-state index in [9.17, 15) is 14.1 Å². The fraction of sp³-hybridized carbons (Fsp3) is 0.360. The van der Waals surface area contributed by atoms with E-state index in [2.05, 4.69) is 15.2 Å². The molecule has 1 amide bonds. The number of nitrogens with zero attached hydrogens (tertiary/aromatic N) is 2. The highest BCUT2D eigenvalue weighted by Crippen LogP contribution is 2.64. The number of hydrogen-bond acceptors (Lipinski definition) is 6. The van der Waals surface area contributed by atoms with Crippen molar-refractivity contribution >= 4 is 31.0 Å². The Morgan fingerprint density at radius 3 is 2.63 bits per heavy atom. The van der Waals surface area contributed by atoms with Gasteiger partial charge < -0.3 is 15.9 Å². The zero-order valence-electron chi connectivity index (χ0n) is 19.6. The monoisotopic (exact) mass is 498 g/mol. The van der Waals surface area contributed by atoms with Gasteiger partial charge in [-0.05, 0) is 85.4 Å². The van der Waals surface area contributed by atoms with Gasteiger partial charge in [-0.15, -0.1) is 4.52 Å². The van der Waals surface area contributed by atoms with Gasteiger partial charge in [0.2, 0.25) is 5.91 Å². The molecular formula is C25H28FN4O4P. The lowest BCUT2D eigenvalue weighted by Gasteiger charge is -2.19. The van der Waals surface area contributed by atoms with E-state index in [1.54, 1.807) is 32.0 Å². The van der Waals surface area contributed by atoms with E-state index in [-0.39, 0.29) is 29.8 Å². The third-order valence-corrected chi connectivity index (χ3v) is 7.29. The zero-order valence-corrected chi connectivity index (χ0v) is 20.5. The standard InChI is InChI=1S/C25H28FN4O4P/c1-15(27)24(16(2)28-14-34-35(33)30-32)17-4-7-20(8-5-17)29-23(31)12-22-21-11-19(26)6-3-18(21)13-25(22)9-10-25/h3-8,11,22,32H,9-10,12-14,27H2,1-2H3,(H,29,31). The minimum Gasteiger partial charge on any atom is -0.582 e. The van der Waals surface area contributed by atoms with Crippen LogP contribution in [0.15, 0.2) is 58.1 Å². The number of carbonyl (C=O) groups excluding carboxylic acids is 1. The van der Waals surface area contributed by atoms with E-state index >= 15 is 0 Å².